The Labute approximate surface area is 175 Å². The van der Waals surface area contributed by atoms with Crippen LogP contribution in [0.25, 0.3) is 44.4 Å². The Hall–Kier alpha value is -4.04. The van der Waals surface area contributed by atoms with Gasteiger partial charge in [0.05, 0.1) is 0 Å². The summed E-state index contributed by atoms with van der Waals surface area (Å²) in [6.45, 7) is 0. The van der Waals surface area contributed by atoms with Crippen molar-refractivity contribution in [3.05, 3.63) is 122 Å². The van der Waals surface area contributed by atoms with E-state index in [1.165, 1.54) is 44.4 Å². The Balaban J connectivity index is 1.28. The molecule has 0 fully saturated rings. The van der Waals surface area contributed by atoms with Gasteiger partial charge in [-0.25, -0.2) is 0 Å². The van der Waals surface area contributed by atoms with E-state index < -0.39 is 0 Å². The normalized spacial score (nSPS) is 11.3. The maximum atomic E-state index is 2.23. The molecule has 0 amide bonds. The standard InChI is InChI=1S/C28H20N2/c1-3-15-29-19-25(17-27(29)5-1)23-11-7-21(8-12-23)22-9-13-24(14-10-22)26-18-28-6-2-4-16-30(28)20-26/h1-20H. The van der Waals surface area contributed by atoms with Crippen molar-refractivity contribution < 1.29 is 0 Å². The lowest BCUT2D eigenvalue weighted by molar-refractivity contribution is 1.20. The van der Waals surface area contributed by atoms with Crippen LogP contribution in [0.1, 0.15) is 0 Å². The van der Waals surface area contributed by atoms with Crippen molar-refractivity contribution in [3.63, 3.8) is 0 Å². The van der Waals surface area contributed by atoms with E-state index in [-0.39, 0.29) is 0 Å². The molecule has 0 spiro atoms. The highest BCUT2D eigenvalue weighted by Gasteiger charge is 2.05. The van der Waals surface area contributed by atoms with Crippen LogP contribution >= 0.6 is 0 Å². The SMILES string of the molecule is c1ccn2cc(-c3ccc(-c4ccc(-c5cc6ccccn6c5)cc4)cc3)cc2c1. The third kappa shape index (κ3) is 2.90. The van der Waals surface area contributed by atoms with Crippen molar-refractivity contribution in [2.24, 2.45) is 0 Å². The van der Waals surface area contributed by atoms with Crippen LogP contribution in [-0.4, -0.2) is 8.80 Å². The molecule has 0 aliphatic heterocycles. The van der Waals surface area contributed by atoms with E-state index in [1.807, 2.05) is 0 Å². The highest BCUT2D eigenvalue weighted by molar-refractivity contribution is 5.76. The van der Waals surface area contributed by atoms with Gasteiger partial charge in [-0.2, -0.15) is 0 Å². The monoisotopic (exact) mass is 384 g/mol. The second kappa shape index (κ2) is 6.78. The predicted molar refractivity (Wildman–Crippen MR) is 125 cm³/mol. The van der Waals surface area contributed by atoms with Crippen LogP contribution in [0.15, 0.2) is 122 Å². The predicted octanol–water partition coefficient (Wildman–Crippen LogP) is 7.19. The third-order valence-electron chi connectivity index (χ3n) is 5.78. The summed E-state index contributed by atoms with van der Waals surface area (Å²) in [6.07, 6.45) is 8.54. The van der Waals surface area contributed by atoms with Gasteiger partial charge in [-0.1, -0.05) is 60.7 Å². The molecule has 6 aromatic rings. The number of nitrogens with zero attached hydrogens (tertiary/aromatic N) is 2. The number of hydrogen-bond donors (Lipinski definition) is 0. The Morgan fingerprint density at radius 2 is 0.733 bits per heavy atom. The fourth-order valence-corrected chi connectivity index (χ4v) is 4.14. The summed E-state index contributed by atoms with van der Waals surface area (Å²) in [5.74, 6) is 0. The lowest BCUT2D eigenvalue weighted by Gasteiger charge is -2.05. The Morgan fingerprint density at radius 3 is 1.10 bits per heavy atom. The Morgan fingerprint density at radius 1 is 0.367 bits per heavy atom. The first-order valence-electron chi connectivity index (χ1n) is 10.2. The van der Waals surface area contributed by atoms with Crippen molar-refractivity contribution in [1.29, 1.82) is 0 Å². The van der Waals surface area contributed by atoms with Gasteiger partial charge < -0.3 is 8.80 Å². The molecule has 4 heterocycles. The van der Waals surface area contributed by atoms with Crippen LogP contribution in [0, 0.1) is 0 Å². The van der Waals surface area contributed by atoms with Gasteiger partial charge in [0.25, 0.3) is 0 Å². The van der Waals surface area contributed by atoms with Gasteiger partial charge in [0.2, 0.25) is 0 Å². The molecule has 0 bridgehead atoms. The van der Waals surface area contributed by atoms with Crippen LogP contribution in [-0.2, 0) is 0 Å². The van der Waals surface area contributed by atoms with Crippen LogP contribution in [0.5, 0.6) is 0 Å². The molecule has 0 N–H and O–H groups in total. The topological polar surface area (TPSA) is 8.82 Å². The average molecular weight is 384 g/mol. The van der Waals surface area contributed by atoms with E-state index in [0.29, 0.717) is 0 Å². The maximum absolute atomic E-state index is 2.23. The van der Waals surface area contributed by atoms with Gasteiger partial charge >= 0.3 is 0 Å². The molecule has 0 unspecified atom stereocenters. The van der Waals surface area contributed by atoms with Gasteiger partial charge in [-0.15, -0.1) is 0 Å². The second-order valence-electron chi connectivity index (χ2n) is 7.68. The number of rotatable bonds is 3. The van der Waals surface area contributed by atoms with Crippen LogP contribution < -0.4 is 0 Å². The summed E-state index contributed by atoms with van der Waals surface area (Å²) >= 11 is 0. The molecule has 0 atom stereocenters. The molecule has 142 valence electrons. The minimum absolute atomic E-state index is 1.21. The lowest BCUT2D eigenvalue weighted by Crippen LogP contribution is -1.81. The first kappa shape index (κ1) is 16.9. The van der Waals surface area contributed by atoms with Gasteiger partial charge in [-0.05, 0) is 58.7 Å². The Kier molecular flexibility index (Phi) is 3.82. The van der Waals surface area contributed by atoms with Crippen molar-refractivity contribution in [2.45, 2.75) is 0 Å². The molecule has 4 aromatic heterocycles. The molecule has 30 heavy (non-hydrogen) atoms. The number of fused-ring (bicyclic) bond motifs is 2. The van der Waals surface area contributed by atoms with E-state index >= 15 is 0 Å². The molecule has 0 saturated heterocycles. The van der Waals surface area contributed by atoms with Crippen molar-refractivity contribution in [1.82, 2.24) is 8.80 Å². The summed E-state index contributed by atoms with van der Waals surface area (Å²) in [7, 11) is 0. The van der Waals surface area contributed by atoms with E-state index in [1.54, 1.807) is 0 Å². The fourth-order valence-electron chi connectivity index (χ4n) is 4.14. The number of benzene rings is 2. The summed E-state index contributed by atoms with van der Waals surface area (Å²) in [6, 6.07) is 34.6. The zero-order valence-electron chi connectivity index (χ0n) is 16.4. The summed E-state index contributed by atoms with van der Waals surface area (Å²) in [4.78, 5) is 0. The molecular formula is C28H20N2. The lowest BCUT2D eigenvalue weighted by atomic mass is 9.99. The summed E-state index contributed by atoms with van der Waals surface area (Å²) < 4.78 is 4.32. The fraction of sp³-hybridized carbons (Fsp3) is 0. The quantitative estimate of drug-likeness (QED) is 0.305. The minimum Gasteiger partial charge on any atom is -0.323 e. The first-order valence-corrected chi connectivity index (χ1v) is 10.2. The highest BCUT2D eigenvalue weighted by Crippen LogP contribution is 2.29. The second-order valence-corrected chi connectivity index (χ2v) is 7.68. The van der Waals surface area contributed by atoms with Gasteiger partial charge in [0, 0.05) is 46.9 Å². The van der Waals surface area contributed by atoms with Crippen molar-refractivity contribution in [2.75, 3.05) is 0 Å². The van der Waals surface area contributed by atoms with E-state index in [0.717, 1.165) is 0 Å². The zero-order chi connectivity index (χ0) is 19.9. The molecular weight excluding hydrogens is 364 g/mol. The van der Waals surface area contributed by atoms with Crippen molar-refractivity contribution >= 4 is 11.0 Å². The number of hydrogen-bond acceptors (Lipinski definition) is 0. The van der Waals surface area contributed by atoms with E-state index in [9.17, 15) is 0 Å². The molecule has 2 nitrogen and oxygen atoms in total. The zero-order valence-corrected chi connectivity index (χ0v) is 16.4. The third-order valence-corrected chi connectivity index (χ3v) is 5.78. The largest absolute Gasteiger partial charge is 0.323 e. The van der Waals surface area contributed by atoms with E-state index in [2.05, 4.69) is 131 Å². The minimum atomic E-state index is 1.21. The molecule has 2 heteroatoms. The van der Waals surface area contributed by atoms with Crippen LogP contribution in [0.3, 0.4) is 0 Å². The highest BCUT2D eigenvalue weighted by atomic mass is 14.9. The summed E-state index contributed by atoms with van der Waals surface area (Å²) in [5.41, 5.74) is 9.84. The van der Waals surface area contributed by atoms with Gasteiger partial charge in [0.1, 0.15) is 0 Å². The Bertz CT molecular complexity index is 1280. The van der Waals surface area contributed by atoms with Gasteiger partial charge in [-0.3, -0.25) is 0 Å². The number of aromatic nitrogens is 2. The molecule has 0 aliphatic carbocycles. The molecule has 2 aromatic carbocycles. The van der Waals surface area contributed by atoms with Crippen LogP contribution in [0.2, 0.25) is 0 Å². The molecule has 0 radical (unpaired) electrons. The van der Waals surface area contributed by atoms with Crippen LogP contribution in [0.4, 0.5) is 0 Å². The van der Waals surface area contributed by atoms with Crippen molar-refractivity contribution in [3.8, 4) is 33.4 Å². The molecule has 0 aliphatic rings. The van der Waals surface area contributed by atoms with E-state index in [4.69, 9.17) is 0 Å². The number of pyridine rings is 2. The average Bonchev–Trinajstić information content (AvgIpc) is 3.44. The molecule has 0 saturated carbocycles. The first-order chi connectivity index (χ1) is 14.8. The smallest absolute Gasteiger partial charge is 0.0456 e. The van der Waals surface area contributed by atoms with Gasteiger partial charge in [0.15, 0.2) is 0 Å². The molecule has 6 rings (SSSR count). The maximum Gasteiger partial charge on any atom is 0.0456 e. The summed E-state index contributed by atoms with van der Waals surface area (Å²) in [5, 5.41) is 0.